The Morgan fingerprint density at radius 1 is 1.45 bits per heavy atom. The summed E-state index contributed by atoms with van der Waals surface area (Å²) in [5.74, 6) is -0.992. The standard InChI is InChI=1S/C12H20N4O4/c1-2-3-5-20-6-4-13-12(19)15-10-7-14-16(8-10)9-11(17)18/h7-8H,2-6,9H2,1H3,(H,17,18)(H2,13,15,19). The van der Waals surface area contributed by atoms with Gasteiger partial charge in [-0.15, -0.1) is 0 Å². The van der Waals surface area contributed by atoms with E-state index in [4.69, 9.17) is 9.84 Å². The van der Waals surface area contributed by atoms with E-state index in [9.17, 15) is 9.59 Å². The Balaban J connectivity index is 2.18. The summed E-state index contributed by atoms with van der Waals surface area (Å²) in [5, 5.41) is 17.6. The van der Waals surface area contributed by atoms with Gasteiger partial charge in [0.2, 0.25) is 0 Å². The van der Waals surface area contributed by atoms with Gasteiger partial charge >= 0.3 is 12.0 Å². The zero-order chi connectivity index (χ0) is 14.8. The maximum absolute atomic E-state index is 11.5. The fraction of sp³-hybridized carbons (Fsp3) is 0.583. The predicted molar refractivity (Wildman–Crippen MR) is 72.6 cm³/mol. The van der Waals surface area contributed by atoms with Crippen LogP contribution in [0.3, 0.4) is 0 Å². The molecule has 1 aromatic rings. The number of ether oxygens (including phenoxy) is 1. The van der Waals surface area contributed by atoms with Gasteiger partial charge in [-0.2, -0.15) is 5.10 Å². The first-order valence-corrected chi connectivity index (χ1v) is 6.48. The number of aliphatic carboxylic acids is 1. The highest BCUT2D eigenvalue weighted by molar-refractivity contribution is 5.88. The van der Waals surface area contributed by atoms with Crippen molar-refractivity contribution in [2.24, 2.45) is 0 Å². The quantitative estimate of drug-likeness (QED) is 0.584. The van der Waals surface area contributed by atoms with Crippen LogP contribution >= 0.6 is 0 Å². The molecule has 0 radical (unpaired) electrons. The summed E-state index contributed by atoms with van der Waals surface area (Å²) in [6, 6.07) is -0.376. The maximum Gasteiger partial charge on any atom is 0.325 e. The number of nitrogens with zero attached hydrogens (tertiary/aromatic N) is 2. The van der Waals surface area contributed by atoms with Gasteiger partial charge in [0.25, 0.3) is 0 Å². The molecule has 0 saturated carbocycles. The molecule has 1 rings (SSSR count). The third-order valence-electron chi connectivity index (χ3n) is 2.36. The lowest BCUT2D eigenvalue weighted by molar-refractivity contribution is -0.137. The Morgan fingerprint density at radius 3 is 2.95 bits per heavy atom. The Morgan fingerprint density at radius 2 is 2.25 bits per heavy atom. The molecule has 0 aliphatic heterocycles. The molecule has 3 N–H and O–H groups in total. The zero-order valence-corrected chi connectivity index (χ0v) is 11.5. The van der Waals surface area contributed by atoms with Crippen molar-refractivity contribution in [1.82, 2.24) is 15.1 Å². The number of hydrogen-bond donors (Lipinski definition) is 3. The minimum atomic E-state index is -0.992. The van der Waals surface area contributed by atoms with Gasteiger partial charge in [-0.05, 0) is 6.42 Å². The number of hydrogen-bond acceptors (Lipinski definition) is 4. The van der Waals surface area contributed by atoms with E-state index >= 15 is 0 Å². The molecule has 1 aromatic heterocycles. The van der Waals surface area contributed by atoms with Crippen LogP contribution in [0.15, 0.2) is 12.4 Å². The van der Waals surface area contributed by atoms with Crippen molar-refractivity contribution in [3.05, 3.63) is 12.4 Å². The van der Waals surface area contributed by atoms with Gasteiger partial charge in [0, 0.05) is 19.3 Å². The lowest BCUT2D eigenvalue weighted by atomic mass is 10.4. The number of carboxylic acids is 1. The SMILES string of the molecule is CCCCOCCNC(=O)Nc1cnn(CC(=O)O)c1. The smallest absolute Gasteiger partial charge is 0.325 e. The van der Waals surface area contributed by atoms with E-state index in [0.717, 1.165) is 12.8 Å². The second-order valence-electron chi connectivity index (χ2n) is 4.17. The average Bonchev–Trinajstić information content (AvgIpc) is 2.80. The molecule has 8 heteroatoms. The molecule has 112 valence electrons. The Labute approximate surface area is 117 Å². The molecule has 0 spiro atoms. The maximum atomic E-state index is 11.5. The Hall–Kier alpha value is -2.09. The zero-order valence-electron chi connectivity index (χ0n) is 11.5. The monoisotopic (exact) mass is 284 g/mol. The second-order valence-corrected chi connectivity index (χ2v) is 4.17. The number of nitrogens with one attached hydrogen (secondary N) is 2. The van der Waals surface area contributed by atoms with Gasteiger partial charge in [0.05, 0.1) is 18.5 Å². The van der Waals surface area contributed by atoms with E-state index < -0.39 is 5.97 Å². The minimum Gasteiger partial charge on any atom is -0.480 e. The predicted octanol–water partition coefficient (Wildman–Crippen LogP) is 0.906. The number of aromatic nitrogens is 2. The number of urea groups is 1. The first-order valence-electron chi connectivity index (χ1n) is 6.48. The first kappa shape index (κ1) is 16.0. The summed E-state index contributed by atoms with van der Waals surface area (Å²) in [5.41, 5.74) is 0.440. The number of rotatable bonds is 9. The van der Waals surface area contributed by atoms with Crippen LogP contribution in [0.25, 0.3) is 0 Å². The van der Waals surface area contributed by atoms with Crippen LogP contribution in [0, 0.1) is 0 Å². The molecule has 0 saturated heterocycles. The van der Waals surface area contributed by atoms with E-state index in [1.54, 1.807) is 0 Å². The van der Waals surface area contributed by atoms with E-state index in [2.05, 4.69) is 22.7 Å². The van der Waals surface area contributed by atoms with E-state index in [-0.39, 0.29) is 12.6 Å². The molecular weight excluding hydrogens is 264 g/mol. The summed E-state index contributed by atoms with van der Waals surface area (Å²) < 4.78 is 6.53. The van der Waals surface area contributed by atoms with Crippen LogP contribution < -0.4 is 10.6 Å². The Bertz CT molecular complexity index is 433. The highest BCUT2D eigenvalue weighted by Gasteiger charge is 2.05. The average molecular weight is 284 g/mol. The van der Waals surface area contributed by atoms with Gasteiger partial charge in [-0.25, -0.2) is 4.79 Å². The van der Waals surface area contributed by atoms with Crippen molar-refractivity contribution in [1.29, 1.82) is 0 Å². The van der Waals surface area contributed by atoms with Gasteiger partial charge in [-0.3, -0.25) is 9.48 Å². The summed E-state index contributed by atoms with van der Waals surface area (Å²) in [6.45, 7) is 3.42. The van der Waals surface area contributed by atoms with Gasteiger partial charge < -0.3 is 20.5 Å². The number of unbranched alkanes of at least 4 members (excludes halogenated alkanes) is 1. The van der Waals surface area contributed by atoms with Crippen LogP contribution in [0.4, 0.5) is 10.5 Å². The molecule has 0 atom stereocenters. The third-order valence-corrected chi connectivity index (χ3v) is 2.36. The van der Waals surface area contributed by atoms with Crippen LogP contribution in [0.2, 0.25) is 0 Å². The first-order chi connectivity index (χ1) is 9.61. The van der Waals surface area contributed by atoms with Crippen molar-refractivity contribution in [2.45, 2.75) is 26.3 Å². The molecule has 1 heterocycles. The van der Waals surface area contributed by atoms with Crippen molar-refractivity contribution in [3.8, 4) is 0 Å². The topological polar surface area (TPSA) is 105 Å². The number of amides is 2. The van der Waals surface area contributed by atoms with Gasteiger partial charge in [-0.1, -0.05) is 13.3 Å². The number of anilines is 1. The van der Waals surface area contributed by atoms with Crippen LogP contribution in [0.5, 0.6) is 0 Å². The highest BCUT2D eigenvalue weighted by atomic mass is 16.5. The van der Waals surface area contributed by atoms with E-state index in [1.807, 2.05) is 0 Å². The Kier molecular flexibility index (Phi) is 7.12. The third kappa shape index (κ3) is 6.74. The molecule has 0 fully saturated rings. The summed E-state index contributed by atoms with van der Waals surface area (Å²) in [7, 11) is 0. The van der Waals surface area contributed by atoms with Crippen molar-refractivity contribution >= 4 is 17.7 Å². The fourth-order valence-corrected chi connectivity index (χ4v) is 1.41. The highest BCUT2D eigenvalue weighted by Crippen LogP contribution is 2.04. The lowest BCUT2D eigenvalue weighted by Gasteiger charge is -2.06. The van der Waals surface area contributed by atoms with Crippen LogP contribution in [-0.2, 0) is 16.1 Å². The molecule has 0 aliphatic rings. The molecule has 20 heavy (non-hydrogen) atoms. The molecule has 0 aliphatic carbocycles. The summed E-state index contributed by atoms with van der Waals surface area (Å²) in [4.78, 5) is 22.0. The van der Waals surface area contributed by atoms with Crippen LogP contribution in [0.1, 0.15) is 19.8 Å². The molecule has 0 bridgehead atoms. The van der Waals surface area contributed by atoms with Gasteiger partial charge in [0.15, 0.2) is 0 Å². The minimum absolute atomic E-state index is 0.242. The number of carbonyl (C=O) groups excluding carboxylic acids is 1. The normalized spacial score (nSPS) is 10.2. The fourth-order valence-electron chi connectivity index (χ4n) is 1.41. The molecule has 0 aromatic carbocycles. The second kappa shape index (κ2) is 8.92. The number of carbonyl (C=O) groups is 2. The molecule has 0 unspecified atom stereocenters. The summed E-state index contributed by atoms with van der Waals surface area (Å²) >= 11 is 0. The van der Waals surface area contributed by atoms with Crippen molar-refractivity contribution in [2.75, 3.05) is 25.1 Å². The lowest BCUT2D eigenvalue weighted by Crippen LogP contribution is -2.31. The van der Waals surface area contributed by atoms with Crippen molar-refractivity contribution in [3.63, 3.8) is 0 Å². The van der Waals surface area contributed by atoms with E-state index in [0.29, 0.717) is 25.4 Å². The molecular formula is C12H20N4O4. The van der Waals surface area contributed by atoms with Crippen molar-refractivity contribution < 1.29 is 19.4 Å². The summed E-state index contributed by atoms with van der Waals surface area (Å²) in [6.07, 6.45) is 4.93. The van der Waals surface area contributed by atoms with Gasteiger partial charge in [0.1, 0.15) is 6.54 Å². The van der Waals surface area contributed by atoms with Crippen LogP contribution in [-0.4, -0.2) is 46.6 Å². The number of carboxylic acid groups (broad SMARTS) is 1. The van der Waals surface area contributed by atoms with E-state index in [1.165, 1.54) is 17.1 Å². The molecule has 8 nitrogen and oxygen atoms in total. The largest absolute Gasteiger partial charge is 0.480 e. The molecule has 2 amide bonds.